The highest BCUT2D eigenvalue weighted by Crippen LogP contribution is 2.33. The van der Waals surface area contributed by atoms with Gasteiger partial charge in [0.15, 0.2) is 0 Å². The Balaban J connectivity index is 3.16. The third-order valence-corrected chi connectivity index (χ3v) is 3.32. The third kappa shape index (κ3) is 3.75. The Morgan fingerprint density at radius 3 is 2.52 bits per heavy atom. The molecule has 2 N–H and O–H groups in total. The smallest absolute Gasteiger partial charge is 0.369 e. The Bertz CT molecular complexity index is 646. The van der Waals surface area contributed by atoms with E-state index in [9.17, 15) is 23.1 Å². The summed E-state index contributed by atoms with van der Waals surface area (Å²) in [6, 6.07) is 4.04. The monoisotopic (exact) mass is 360 g/mol. The topological polar surface area (TPSA) is 73.1 Å². The standard InChI is InChI=1S/C13H8BrF3N2O2/c1-2-12(21,7-14)11(20)19-9-4-3-8(6-18)10(5-9)13(15,16)17/h1,3-5,21H,7H2,(H,19,20)/t12-/m1/s1. The van der Waals surface area contributed by atoms with E-state index in [-0.39, 0.29) is 11.0 Å². The van der Waals surface area contributed by atoms with E-state index in [0.29, 0.717) is 6.07 Å². The number of aliphatic hydroxyl groups is 1. The summed E-state index contributed by atoms with van der Waals surface area (Å²) in [5.41, 5.74) is -4.19. The largest absolute Gasteiger partial charge is 0.417 e. The molecule has 0 spiro atoms. The molecule has 0 bridgehead atoms. The third-order valence-electron chi connectivity index (χ3n) is 2.51. The molecule has 1 atom stereocenters. The molecule has 0 aliphatic carbocycles. The van der Waals surface area contributed by atoms with Crippen LogP contribution in [-0.4, -0.2) is 21.9 Å². The molecule has 1 aromatic rings. The average molecular weight is 361 g/mol. The summed E-state index contributed by atoms with van der Waals surface area (Å²) >= 11 is 2.84. The first kappa shape index (κ1) is 17.0. The van der Waals surface area contributed by atoms with Crippen LogP contribution in [0.2, 0.25) is 0 Å². The summed E-state index contributed by atoms with van der Waals surface area (Å²) in [4.78, 5) is 11.7. The van der Waals surface area contributed by atoms with Gasteiger partial charge in [0.05, 0.1) is 22.5 Å². The van der Waals surface area contributed by atoms with Gasteiger partial charge in [0.1, 0.15) is 0 Å². The van der Waals surface area contributed by atoms with Crippen molar-refractivity contribution in [2.45, 2.75) is 11.8 Å². The predicted octanol–water partition coefficient (Wildman–Crippen LogP) is 2.27. The van der Waals surface area contributed by atoms with Crippen molar-refractivity contribution in [2.24, 2.45) is 0 Å². The first-order chi connectivity index (χ1) is 9.67. The number of nitriles is 1. The molecule has 0 radical (unpaired) electrons. The van der Waals surface area contributed by atoms with Crippen LogP contribution in [0.4, 0.5) is 18.9 Å². The van der Waals surface area contributed by atoms with Gasteiger partial charge < -0.3 is 10.4 Å². The number of carbonyl (C=O) groups is 1. The number of nitrogens with one attached hydrogen (secondary N) is 1. The maximum absolute atomic E-state index is 12.8. The molecule has 21 heavy (non-hydrogen) atoms. The van der Waals surface area contributed by atoms with Crippen LogP contribution in [0.1, 0.15) is 11.1 Å². The summed E-state index contributed by atoms with van der Waals surface area (Å²) in [7, 11) is 0. The van der Waals surface area contributed by atoms with Gasteiger partial charge in [-0.2, -0.15) is 18.4 Å². The lowest BCUT2D eigenvalue weighted by molar-refractivity contribution is -0.137. The molecule has 1 rings (SSSR count). The fraction of sp³-hybridized carbons (Fsp3) is 0.231. The van der Waals surface area contributed by atoms with E-state index in [1.807, 2.05) is 5.92 Å². The Kier molecular flexibility index (Phi) is 5.00. The lowest BCUT2D eigenvalue weighted by atomic mass is 10.1. The number of terminal acetylenes is 1. The van der Waals surface area contributed by atoms with Gasteiger partial charge in [0.25, 0.3) is 5.91 Å². The van der Waals surface area contributed by atoms with Crippen LogP contribution < -0.4 is 5.32 Å². The fourth-order valence-corrected chi connectivity index (χ4v) is 1.77. The molecule has 0 saturated heterocycles. The van der Waals surface area contributed by atoms with Crippen molar-refractivity contribution in [1.29, 1.82) is 5.26 Å². The molecule has 1 aromatic carbocycles. The highest BCUT2D eigenvalue weighted by Gasteiger charge is 2.35. The molecule has 0 fully saturated rings. The molecular weight excluding hydrogens is 353 g/mol. The first-order valence-electron chi connectivity index (χ1n) is 5.37. The molecule has 0 unspecified atom stereocenters. The van der Waals surface area contributed by atoms with Gasteiger partial charge in [-0.25, -0.2) is 0 Å². The zero-order valence-corrected chi connectivity index (χ0v) is 11.9. The molecular formula is C13H8BrF3N2O2. The number of nitrogens with zero attached hydrogens (tertiary/aromatic N) is 1. The normalized spacial score (nSPS) is 13.7. The number of benzene rings is 1. The van der Waals surface area contributed by atoms with E-state index in [2.05, 4.69) is 21.2 Å². The maximum Gasteiger partial charge on any atom is 0.417 e. The highest BCUT2D eigenvalue weighted by atomic mass is 79.9. The predicted molar refractivity (Wildman–Crippen MR) is 72.4 cm³/mol. The SMILES string of the molecule is C#C[C@@](O)(CBr)C(=O)Nc1ccc(C#N)c(C(F)(F)F)c1. The second-order valence-electron chi connectivity index (χ2n) is 3.96. The molecule has 0 heterocycles. The number of hydrogen-bond acceptors (Lipinski definition) is 3. The molecule has 4 nitrogen and oxygen atoms in total. The van der Waals surface area contributed by atoms with Gasteiger partial charge in [-0.05, 0) is 18.2 Å². The first-order valence-corrected chi connectivity index (χ1v) is 6.49. The minimum absolute atomic E-state index is 0.235. The number of halogens is 4. The van der Waals surface area contributed by atoms with E-state index in [0.717, 1.165) is 12.1 Å². The van der Waals surface area contributed by atoms with Gasteiger partial charge in [0.2, 0.25) is 5.60 Å². The Labute approximate surface area is 126 Å². The highest BCUT2D eigenvalue weighted by molar-refractivity contribution is 9.09. The number of rotatable bonds is 3. The number of anilines is 1. The Hall–Kier alpha value is -2.03. The number of carbonyl (C=O) groups excluding carboxylic acids is 1. The molecule has 0 saturated carbocycles. The Morgan fingerprint density at radius 1 is 1.48 bits per heavy atom. The van der Waals surface area contributed by atoms with Crippen molar-refractivity contribution < 1.29 is 23.1 Å². The van der Waals surface area contributed by atoms with Gasteiger partial charge in [-0.15, -0.1) is 6.42 Å². The van der Waals surface area contributed by atoms with Gasteiger partial charge in [-0.1, -0.05) is 21.9 Å². The summed E-state index contributed by atoms with van der Waals surface area (Å²) in [6.45, 7) is 0. The van der Waals surface area contributed by atoms with Crippen molar-refractivity contribution in [2.75, 3.05) is 10.6 Å². The van der Waals surface area contributed by atoms with Crippen LogP contribution in [0.15, 0.2) is 18.2 Å². The number of hydrogen-bond donors (Lipinski definition) is 2. The van der Waals surface area contributed by atoms with Crippen LogP contribution >= 0.6 is 15.9 Å². The van der Waals surface area contributed by atoms with Crippen LogP contribution in [0, 0.1) is 23.7 Å². The zero-order valence-electron chi connectivity index (χ0n) is 10.3. The van der Waals surface area contributed by atoms with Gasteiger partial charge >= 0.3 is 6.18 Å². The summed E-state index contributed by atoms with van der Waals surface area (Å²) in [6.07, 6.45) is 0.257. The fourth-order valence-electron chi connectivity index (χ4n) is 1.35. The van der Waals surface area contributed by atoms with Crippen LogP contribution in [0.5, 0.6) is 0 Å². The van der Waals surface area contributed by atoms with Crippen molar-refractivity contribution in [1.82, 2.24) is 0 Å². The van der Waals surface area contributed by atoms with E-state index < -0.39 is 28.8 Å². The van der Waals surface area contributed by atoms with Gasteiger partial charge in [0, 0.05) is 5.69 Å². The molecule has 8 heteroatoms. The Morgan fingerprint density at radius 2 is 2.10 bits per heavy atom. The van der Waals surface area contributed by atoms with E-state index in [1.165, 1.54) is 6.07 Å². The minimum Gasteiger partial charge on any atom is -0.369 e. The maximum atomic E-state index is 12.8. The lowest BCUT2D eigenvalue weighted by Crippen LogP contribution is -2.43. The molecule has 0 aliphatic heterocycles. The second-order valence-corrected chi connectivity index (χ2v) is 4.52. The van der Waals surface area contributed by atoms with Crippen molar-refractivity contribution in [3.63, 3.8) is 0 Å². The second kappa shape index (κ2) is 6.17. The number of alkyl halides is 4. The minimum atomic E-state index is -4.75. The van der Waals surface area contributed by atoms with E-state index in [4.69, 9.17) is 11.7 Å². The molecule has 0 aromatic heterocycles. The average Bonchev–Trinajstić information content (AvgIpc) is 2.45. The van der Waals surface area contributed by atoms with Crippen LogP contribution in [0.25, 0.3) is 0 Å². The quantitative estimate of drug-likeness (QED) is 0.641. The summed E-state index contributed by atoms with van der Waals surface area (Å²) < 4.78 is 38.3. The van der Waals surface area contributed by atoms with Gasteiger partial charge in [-0.3, -0.25) is 4.79 Å². The molecule has 0 aliphatic rings. The lowest BCUT2D eigenvalue weighted by Gasteiger charge is -2.19. The number of amides is 1. The molecule has 110 valence electrons. The van der Waals surface area contributed by atoms with Crippen LogP contribution in [0.3, 0.4) is 0 Å². The molecule has 1 amide bonds. The van der Waals surface area contributed by atoms with Crippen molar-refractivity contribution in [3.05, 3.63) is 29.3 Å². The zero-order chi connectivity index (χ0) is 16.3. The summed E-state index contributed by atoms with van der Waals surface area (Å²) in [5, 5.41) is 20.2. The van der Waals surface area contributed by atoms with Crippen LogP contribution in [-0.2, 0) is 11.0 Å². The van der Waals surface area contributed by atoms with Crippen molar-refractivity contribution >= 4 is 27.5 Å². The van der Waals surface area contributed by atoms with Crippen molar-refractivity contribution in [3.8, 4) is 18.4 Å². The summed E-state index contributed by atoms with van der Waals surface area (Å²) in [5.74, 6) is 0.782. The van der Waals surface area contributed by atoms with E-state index in [1.54, 1.807) is 0 Å². The van der Waals surface area contributed by atoms with E-state index >= 15 is 0 Å².